The monoisotopic (exact) mass is 296 g/mol. The molecule has 124 valence electrons. The molecule has 0 aromatic carbocycles. The van der Waals surface area contributed by atoms with Gasteiger partial charge in [-0.15, -0.1) is 0 Å². The maximum Gasteiger partial charge on any atom is 0.0610 e. The average molecular weight is 296 g/mol. The van der Waals surface area contributed by atoms with Crippen molar-refractivity contribution in [2.24, 2.45) is 5.92 Å². The summed E-state index contributed by atoms with van der Waals surface area (Å²) in [6.07, 6.45) is 10.8. The van der Waals surface area contributed by atoms with Gasteiger partial charge < -0.3 is 15.3 Å². The zero-order valence-electron chi connectivity index (χ0n) is 14.4. The molecular formula is C18H36N2O. The van der Waals surface area contributed by atoms with E-state index in [1.807, 2.05) is 0 Å². The molecule has 2 rings (SSSR count). The Hall–Kier alpha value is -0.120. The Labute approximate surface area is 131 Å². The summed E-state index contributed by atoms with van der Waals surface area (Å²) in [6.45, 7) is 9.30. The lowest BCUT2D eigenvalue weighted by atomic mass is 9.85. The Balaban J connectivity index is 1.67. The zero-order valence-corrected chi connectivity index (χ0v) is 14.4. The van der Waals surface area contributed by atoms with Crippen LogP contribution in [0.5, 0.6) is 0 Å². The maximum absolute atomic E-state index is 9.63. The maximum atomic E-state index is 9.63. The summed E-state index contributed by atoms with van der Waals surface area (Å²) < 4.78 is 0. The summed E-state index contributed by atoms with van der Waals surface area (Å²) in [4.78, 5) is 2.76. The van der Waals surface area contributed by atoms with Gasteiger partial charge in [0.2, 0.25) is 0 Å². The number of hydrogen-bond acceptors (Lipinski definition) is 3. The van der Waals surface area contributed by atoms with E-state index in [4.69, 9.17) is 0 Å². The van der Waals surface area contributed by atoms with Gasteiger partial charge in [-0.2, -0.15) is 0 Å². The van der Waals surface area contributed by atoms with Gasteiger partial charge in [0, 0.05) is 17.6 Å². The lowest BCUT2D eigenvalue weighted by molar-refractivity contribution is 0.147. The predicted molar refractivity (Wildman–Crippen MR) is 89.5 cm³/mol. The fourth-order valence-corrected chi connectivity index (χ4v) is 4.50. The van der Waals surface area contributed by atoms with Crippen molar-refractivity contribution in [3.8, 4) is 0 Å². The van der Waals surface area contributed by atoms with Crippen LogP contribution in [0.2, 0.25) is 0 Å². The summed E-state index contributed by atoms with van der Waals surface area (Å²) in [6, 6.07) is 1.33. The second kappa shape index (κ2) is 7.94. The van der Waals surface area contributed by atoms with Crippen LogP contribution in [0.25, 0.3) is 0 Å². The van der Waals surface area contributed by atoms with Gasteiger partial charge in [-0.05, 0) is 58.0 Å². The summed E-state index contributed by atoms with van der Waals surface area (Å²) in [5, 5.41) is 13.1. The van der Waals surface area contributed by atoms with Crippen molar-refractivity contribution >= 4 is 0 Å². The number of likely N-dealkylation sites (tertiary alicyclic amines) is 1. The molecule has 1 heterocycles. The predicted octanol–water partition coefficient (Wildman–Crippen LogP) is 3.17. The fraction of sp³-hybridized carbons (Fsp3) is 1.00. The van der Waals surface area contributed by atoms with Crippen LogP contribution in [0.1, 0.15) is 72.1 Å². The van der Waals surface area contributed by atoms with Crippen molar-refractivity contribution in [2.75, 3.05) is 19.7 Å². The Kier molecular flexibility index (Phi) is 6.51. The summed E-state index contributed by atoms with van der Waals surface area (Å²) in [7, 11) is 0. The Bertz CT molecular complexity index is 308. The number of aliphatic hydroxyl groups is 1. The Morgan fingerprint density at radius 1 is 1.19 bits per heavy atom. The molecule has 2 N–H and O–H groups in total. The van der Waals surface area contributed by atoms with Crippen molar-refractivity contribution in [1.82, 2.24) is 10.2 Å². The molecular weight excluding hydrogens is 260 g/mol. The molecule has 21 heavy (non-hydrogen) atoms. The Morgan fingerprint density at radius 3 is 2.67 bits per heavy atom. The molecule has 0 radical (unpaired) electrons. The zero-order chi connectivity index (χ0) is 15.3. The molecule has 3 heteroatoms. The van der Waals surface area contributed by atoms with Gasteiger partial charge >= 0.3 is 0 Å². The van der Waals surface area contributed by atoms with Crippen LogP contribution in [0.15, 0.2) is 0 Å². The van der Waals surface area contributed by atoms with E-state index in [-0.39, 0.29) is 12.1 Å². The lowest BCUT2D eigenvalue weighted by Gasteiger charge is -2.33. The highest BCUT2D eigenvalue weighted by Gasteiger charge is 2.35. The molecule has 1 aliphatic heterocycles. The third kappa shape index (κ3) is 4.94. The van der Waals surface area contributed by atoms with Gasteiger partial charge in [-0.25, -0.2) is 0 Å². The minimum absolute atomic E-state index is 0.105. The minimum atomic E-state index is -0.105. The normalized spacial score (nSPS) is 29.6. The number of aliphatic hydroxyl groups excluding tert-OH is 1. The van der Waals surface area contributed by atoms with E-state index in [0.717, 1.165) is 18.4 Å². The topological polar surface area (TPSA) is 35.5 Å². The summed E-state index contributed by atoms with van der Waals surface area (Å²) >= 11 is 0. The molecule has 0 amide bonds. The van der Waals surface area contributed by atoms with Gasteiger partial charge in [0.15, 0.2) is 0 Å². The largest absolute Gasteiger partial charge is 0.394 e. The molecule has 3 nitrogen and oxygen atoms in total. The second-order valence-electron chi connectivity index (χ2n) is 7.91. The minimum Gasteiger partial charge on any atom is -0.394 e. The van der Waals surface area contributed by atoms with E-state index in [2.05, 4.69) is 31.0 Å². The third-order valence-corrected chi connectivity index (χ3v) is 5.54. The molecule has 0 aromatic heterocycles. The first-order valence-electron chi connectivity index (χ1n) is 9.17. The molecule has 1 saturated carbocycles. The SMILES string of the molecule is CC(C)NC(C)(CO)CCCCN1CCC2CCCCC21. The molecule has 0 aromatic rings. The summed E-state index contributed by atoms with van der Waals surface area (Å²) in [5.74, 6) is 1.00. The first-order chi connectivity index (χ1) is 10.0. The van der Waals surface area contributed by atoms with Crippen LogP contribution >= 0.6 is 0 Å². The van der Waals surface area contributed by atoms with Gasteiger partial charge in [0.05, 0.1) is 6.61 Å². The van der Waals surface area contributed by atoms with E-state index in [9.17, 15) is 5.11 Å². The number of nitrogens with one attached hydrogen (secondary N) is 1. The van der Waals surface area contributed by atoms with E-state index >= 15 is 0 Å². The van der Waals surface area contributed by atoms with E-state index < -0.39 is 0 Å². The molecule has 0 bridgehead atoms. The lowest BCUT2D eigenvalue weighted by Crippen LogP contribution is -2.49. The van der Waals surface area contributed by atoms with Gasteiger partial charge in [0.1, 0.15) is 0 Å². The third-order valence-electron chi connectivity index (χ3n) is 5.54. The van der Waals surface area contributed by atoms with Gasteiger partial charge in [-0.3, -0.25) is 0 Å². The molecule has 3 unspecified atom stereocenters. The molecule has 1 saturated heterocycles. The van der Waals surface area contributed by atoms with Crippen LogP contribution in [0.4, 0.5) is 0 Å². The van der Waals surface area contributed by atoms with E-state index in [1.54, 1.807) is 0 Å². The molecule has 3 atom stereocenters. The fourth-order valence-electron chi connectivity index (χ4n) is 4.50. The van der Waals surface area contributed by atoms with Crippen LogP contribution in [0.3, 0.4) is 0 Å². The molecule has 2 aliphatic rings. The quantitative estimate of drug-likeness (QED) is 0.675. The number of unbranched alkanes of at least 4 members (excludes halogenated alkanes) is 1. The van der Waals surface area contributed by atoms with Crippen molar-refractivity contribution in [2.45, 2.75) is 89.8 Å². The van der Waals surface area contributed by atoms with Crippen LogP contribution in [-0.4, -0.2) is 47.3 Å². The van der Waals surface area contributed by atoms with Crippen molar-refractivity contribution < 1.29 is 5.11 Å². The van der Waals surface area contributed by atoms with Crippen LogP contribution in [-0.2, 0) is 0 Å². The van der Waals surface area contributed by atoms with E-state index in [0.29, 0.717) is 6.04 Å². The first kappa shape index (κ1) is 17.2. The van der Waals surface area contributed by atoms with Crippen LogP contribution < -0.4 is 5.32 Å². The standard InChI is InChI=1S/C18H36N2O/c1-15(2)19-18(3,14-21)11-6-7-12-20-13-10-16-8-4-5-9-17(16)20/h15-17,19,21H,4-14H2,1-3H3. The molecule has 2 fully saturated rings. The van der Waals surface area contributed by atoms with Crippen LogP contribution in [0, 0.1) is 5.92 Å². The van der Waals surface area contributed by atoms with Crippen molar-refractivity contribution in [1.29, 1.82) is 0 Å². The Morgan fingerprint density at radius 2 is 1.95 bits per heavy atom. The van der Waals surface area contributed by atoms with Gasteiger partial charge in [0.25, 0.3) is 0 Å². The second-order valence-corrected chi connectivity index (χ2v) is 7.91. The number of fused-ring (bicyclic) bond motifs is 1. The van der Waals surface area contributed by atoms with Crippen molar-refractivity contribution in [3.63, 3.8) is 0 Å². The highest BCUT2D eigenvalue weighted by Crippen LogP contribution is 2.36. The number of nitrogens with zero attached hydrogens (tertiary/aromatic N) is 1. The van der Waals surface area contributed by atoms with E-state index in [1.165, 1.54) is 58.0 Å². The smallest absolute Gasteiger partial charge is 0.0610 e. The van der Waals surface area contributed by atoms with Crippen molar-refractivity contribution in [3.05, 3.63) is 0 Å². The first-order valence-corrected chi connectivity index (χ1v) is 9.17. The average Bonchev–Trinajstić information content (AvgIpc) is 2.86. The number of rotatable bonds is 8. The molecule has 1 aliphatic carbocycles. The highest BCUT2D eigenvalue weighted by molar-refractivity contribution is 4.90. The highest BCUT2D eigenvalue weighted by atomic mass is 16.3. The molecule has 0 spiro atoms. The summed E-state index contributed by atoms with van der Waals surface area (Å²) in [5.41, 5.74) is -0.105. The van der Waals surface area contributed by atoms with Gasteiger partial charge in [-0.1, -0.05) is 33.1 Å². The number of hydrogen-bond donors (Lipinski definition) is 2.